The van der Waals surface area contributed by atoms with Gasteiger partial charge in [0.1, 0.15) is 12.4 Å². The van der Waals surface area contributed by atoms with Gasteiger partial charge in [0.2, 0.25) is 0 Å². The second-order valence-corrected chi connectivity index (χ2v) is 4.55. The maximum atomic E-state index is 13.8. The third kappa shape index (κ3) is 3.95. The van der Waals surface area contributed by atoms with Gasteiger partial charge in [-0.05, 0) is 32.2 Å². The lowest BCUT2D eigenvalue weighted by Crippen LogP contribution is -2.24. The lowest BCUT2D eigenvalue weighted by Gasteiger charge is -2.19. The van der Waals surface area contributed by atoms with Gasteiger partial charge in [0.25, 0.3) is 0 Å². The van der Waals surface area contributed by atoms with E-state index in [9.17, 15) is 4.39 Å². The molecule has 21 heavy (non-hydrogen) atoms. The zero-order valence-corrected chi connectivity index (χ0v) is 12.3. The molecule has 0 fully saturated rings. The molecule has 0 radical (unpaired) electrons. The molecule has 3 nitrogen and oxygen atoms in total. The van der Waals surface area contributed by atoms with Crippen LogP contribution in [0.2, 0.25) is 0 Å². The maximum absolute atomic E-state index is 13.8. The van der Waals surface area contributed by atoms with Crippen LogP contribution in [0.25, 0.3) is 0 Å². The van der Waals surface area contributed by atoms with Crippen molar-refractivity contribution in [3.05, 3.63) is 59.9 Å². The molecule has 0 saturated carbocycles. The van der Waals surface area contributed by atoms with Crippen molar-refractivity contribution < 1.29 is 13.9 Å². The first-order chi connectivity index (χ1) is 10.3. The van der Waals surface area contributed by atoms with Crippen LogP contribution < -0.4 is 14.8 Å². The maximum Gasteiger partial charge on any atom is 0.161 e. The molecule has 0 heterocycles. The molecule has 1 atom stereocenters. The molecular formula is C17H20FNO2. The third-order valence-electron chi connectivity index (χ3n) is 3.18. The lowest BCUT2D eigenvalue weighted by molar-refractivity contribution is 0.248. The van der Waals surface area contributed by atoms with Crippen LogP contribution in [0.1, 0.15) is 18.5 Å². The summed E-state index contributed by atoms with van der Waals surface area (Å²) in [6, 6.07) is 14.0. The van der Waals surface area contributed by atoms with E-state index in [1.54, 1.807) is 19.2 Å². The van der Waals surface area contributed by atoms with Crippen molar-refractivity contribution in [2.24, 2.45) is 0 Å². The Hall–Kier alpha value is -2.07. The summed E-state index contributed by atoms with van der Waals surface area (Å²) in [5.74, 6) is 1.12. The first-order valence-corrected chi connectivity index (χ1v) is 7.02. The summed E-state index contributed by atoms with van der Waals surface area (Å²) in [7, 11) is 1.79. The number of hydrogen-bond donors (Lipinski definition) is 1. The normalized spacial score (nSPS) is 12.0. The molecule has 0 amide bonds. The molecule has 0 bridgehead atoms. The number of nitrogens with one attached hydrogen (secondary N) is 1. The number of halogens is 1. The highest BCUT2D eigenvalue weighted by atomic mass is 19.1. The molecule has 0 saturated heterocycles. The molecule has 2 aromatic carbocycles. The van der Waals surface area contributed by atoms with E-state index in [1.807, 2.05) is 37.3 Å². The highest BCUT2D eigenvalue weighted by Crippen LogP contribution is 2.27. The highest BCUT2D eigenvalue weighted by Gasteiger charge is 2.15. The molecular weight excluding hydrogens is 269 g/mol. The molecule has 0 spiro atoms. The molecule has 0 aliphatic carbocycles. The Bertz CT molecular complexity index is 574. The van der Waals surface area contributed by atoms with Crippen LogP contribution in [0.5, 0.6) is 11.5 Å². The summed E-state index contributed by atoms with van der Waals surface area (Å²) in [4.78, 5) is 0. The first-order valence-electron chi connectivity index (χ1n) is 7.02. The van der Waals surface area contributed by atoms with Gasteiger partial charge in [-0.25, -0.2) is 4.39 Å². The van der Waals surface area contributed by atoms with Crippen LogP contribution >= 0.6 is 0 Å². The average molecular weight is 289 g/mol. The number of para-hydroxylation sites is 2. The Labute approximate surface area is 124 Å². The van der Waals surface area contributed by atoms with Crippen LogP contribution in [0.15, 0.2) is 48.5 Å². The molecule has 2 rings (SSSR count). The molecule has 0 aliphatic heterocycles. The van der Waals surface area contributed by atoms with Gasteiger partial charge < -0.3 is 14.8 Å². The lowest BCUT2D eigenvalue weighted by atomic mass is 10.1. The van der Waals surface area contributed by atoms with Gasteiger partial charge in [-0.1, -0.05) is 30.3 Å². The molecule has 2 aromatic rings. The minimum Gasteiger partial charge on any atom is -0.490 e. The summed E-state index contributed by atoms with van der Waals surface area (Å²) in [6.45, 7) is 2.82. The van der Waals surface area contributed by atoms with E-state index in [0.29, 0.717) is 30.3 Å². The summed E-state index contributed by atoms with van der Waals surface area (Å²) < 4.78 is 25.1. The third-order valence-corrected chi connectivity index (χ3v) is 3.18. The van der Waals surface area contributed by atoms with Crippen LogP contribution in [-0.4, -0.2) is 20.3 Å². The quantitative estimate of drug-likeness (QED) is 0.845. The standard InChI is InChI=1S/C17H20FNO2/c1-3-20-16-10-6-7-11-17(16)21-12-15(19-2)13-8-4-5-9-14(13)18/h4-11,15,19H,3,12H2,1-2H3. The van der Waals surface area contributed by atoms with Crippen molar-refractivity contribution in [2.45, 2.75) is 13.0 Å². The van der Waals surface area contributed by atoms with Crippen LogP contribution in [0.3, 0.4) is 0 Å². The van der Waals surface area contributed by atoms with Crippen LogP contribution in [0, 0.1) is 5.82 Å². The average Bonchev–Trinajstić information content (AvgIpc) is 2.51. The van der Waals surface area contributed by atoms with Gasteiger partial charge in [-0.15, -0.1) is 0 Å². The van der Waals surface area contributed by atoms with E-state index in [4.69, 9.17) is 9.47 Å². The van der Waals surface area contributed by atoms with Crippen molar-refractivity contribution in [1.29, 1.82) is 0 Å². The first kappa shape index (κ1) is 15.3. The van der Waals surface area contributed by atoms with E-state index >= 15 is 0 Å². The number of likely N-dealkylation sites (N-methyl/N-ethyl adjacent to an activating group) is 1. The topological polar surface area (TPSA) is 30.5 Å². The van der Waals surface area contributed by atoms with Crippen LogP contribution in [-0.2, 0) is 0 Å². The van der Waals surface area contributed by atoms with Crippen molar-refractivity contribution in [1.82, 2.24) is 5.32 Å². The second kappa shape index (κ2) is 7.64. The van der Waals surface area contributed by atoms with Gasteiger partial charge in [0.05, 0.1) is 12.6 Å². The summed E-state index contributed by atoms with van der Waals surface area (Å²) in [5.41, 5.74) is 0.592. The van der Waals surface area contributed by atoms with Gasteiger partial charge in [0, 0.05) is 5.56 Å². The predicted octanol–water partition coefficient (Wildman–Crippen LogP) is 3.56. The zero-order chi connectivity index (χ0) is 15.1. The Morgan fingerprint density at radius 2 is 1.62 bits per heavy atom. The van der Waals surface area contributed by atoms with Gasteiger partial charge in [-0.3, -0.25) is 0 Å². The van der Waals surface area contributed by atoms with Gasteiger partial charge in [0.15, 0.2) is 11.5 Å². The largest absolute Gasteiger partial charge is 0.490 e. The molecule has 1 N–H and O–H groups in total. The Balaban J connectivity index is 2.09. The smallest absolute Gasteiger partial charge is 0.161 e. The Morgan fingerprint density at radius 3 is 2.24 bits per heavy atom. The van der Waals surface area contributed by atoms with Gasteiger partial charge in [-0.2, -0.15) is 0 Å². The fourth-order valence-electron chi connectivity index (χ4n) is 2.10. The molecule has 0 aliphatic rings. The second-order valence-electron chi connectivity index (χ2n) is 4.55. The fourth-order valence-corrected chi connectivity index (χ4v) is 2.10. The van der Waals surface area contributed by atoms with E-state index in [1.165, 1.54) is 6.07 Å². The highest BCUT2D eigenvalue weighted by molar-refractivity contribution is 5.39. The van der Waals surface area contributed by atoms with Crippen molar-refractivity contribution in [3.63, 3.8) is 0 Å². The number of rotatable bonds is 7. The van der Waals surface area contributed by atoms with E-state index in [0.717, 1.165) is 0 Å². The molecule has 4 heteroatoms. The number of hydrogen-bond acceptors (Lipinski definition) is 3. The van der Waals surface area contributed by atoms with Crippen molar-refractivity contribution in [3.8, 4) is 11.5 Å². The molecule has 112 valence electrons. The molecule has 0 aromatic heterocycles. The minimum atomic E-state index is -0.237. The summed E-state index contributed by atoms with van der Waals surface area (Å²) in [5, 5.41) is 3.08. The Morgan fingerprint density at radius 1 is 1.00 bits per heavy atom. The predicted molar refractivity (Wildman–Crippen MR) is 81.3 cm³/mol. The Kier molecular flexibility index (Phi) is 5.58. The monoisotopic (exact) mass is 289 g/mol. The number of benzene rings is 2. The van der Waals surface area contributed by atoms with E-state index in [-0.39, 0.29) is 11.9 Å². The fraction of sp³-hybridized carbons (Fsp3) is 0.294. The van der Waals surface area contributed by atoms with E-state index < -0.39 is 0 Å². The number of ether oxygens (including phenoxy) is 2. The zero-order valence-electron chi connectivity index (χ0n) is 12.3. The summed E-state index contributed by atoms with van der Waals surface area (Å²) in [6.07, 6.45) is 0. The van der Waals surface area contributed by atoms with E-state index in [2.05, 4.69) is 5.32 Å². The van der Waals surface area contributed by atoms with Crippen molar-refractivity contribution in [2.75, 3.05) is 20.3 Å². The van der Waals surface area contributed by atoms with Crippen LogP contribution in [0.4, 0.5) is 4.39 Å². The SMILES string of the molecule is CCOc1ccccc1OCC(NC)c1ccccc1F. The minimum absolute atomic E-state index is 0.221. The molecule has 1 unspecified atom stereocenters. The summed E-state index contributed by atoms with van der Waals surface area (Å²) >= 11 is 0. The van der Waals surface area contributed by atoms with Crippen molar-refractivity contribution >= 4 is 0 Å². The van der Waals surface area contributed by atoms with Gasteiger partial charge >= 0.3 is 0 Å².